The highest BCUT2D eigenvalue weighted by Gasteiger charge is 1.80. The Morgan fingerprint density at radius 3 is 2.09 bits per heavy atom. The molecule has 0 fully saturated rings. The van der Waals surface area contributed by atoms with Crippen molar-refractivity contribution >= 4 is 0 Å². The summed E-state index contributed by atoms with van der Waals surface area (Å²) in [7, 11) is 0. The Bertz CT molecular complexity index is 202. The van der Waals surface area contributed by atoms with Gasteiger partial charge in [-0.3, -0.25) is 0 Å². The second kappa shape index (κ2) is 5.72. The van der Waals surface area contributed by atoms with Gasteiger partial charge in [0, 0.05) is 0 Å². The largest absolute Gasteiger partial charge is 0.0961 e. The Kier molecular flexibility index (Phi) is 5.18. The molecule has 0 atom stereocenters. The standard InChI is InChI=1S/C11H16/c1-5-7-11(6-2)9-8-10(3)4/h5-9H,3H2,1-2,4H3/b7-5-,9-8+,11-6+. The van der Waals surface area contributed by atoms with Crippen LogP contribution < -0.4 is 0 Å². The van der Waals surface area contributed by atoms with Crippen molar-refractivity contribution in [1.29, 1.82) is 0 Å². The van der Waals surface area contributed by atoms with E-state index < -0.39 is 0 Å². The number of rotatable bonds is 3. The molecule has 0 aromatic carbocycles. The Morgan fingerprint density at radius 2 is 1.73 bits per heavy atom. The van der Waals surface area contributed by atoms with Gasteiger partial charge in [-0.2, -0.15) is 0 Å². The maximum absolute atomic E-state index is 3.78. The molecular weight excluding hydrogens is 132 g/mol. The van der Waals surface area contributed by atoms with Crippen LogP contribution >= 0.6 is 0 Å². The Labute approximate surface area is 69.6 Å². The summed E-state index contributed by atoms with van der Waals surface area (Å²) in [5.74, 6) is 0. The summed E-state index contributed by atoms with van der Waals surface area (Å²) < 4.78 is 0. The van der Waals surface area contributed by atoms with Gasteiger partial charge in [0.05, 0.1) is 0 Å². The molecule has 0 spiro atoms. The van der Waals surface area contributed by atoms with Crippen molar-refractivity contribution in [2.75, 3.05) is 0 Å². The van der Waals surface area contributed by atoms with Crippen LogP contribution in [0.5, 0.6) is 0 Å². The van der Waals surface area contributed by atoms with Gasteiger partial charge in [0.15, 0.2) is 0 Å². The highest BCUT2D eigenvalue weighted by atomic mass is 13.9. The van der Waals surface area contributed by atoms with Gasteiger partial charge in [0.2, 0.25) is 0 Å². The first kappa shape index (κ1) is 9.96. The van der Waals surface area contributed by atoms with E-state index in [1.54, 1.807) is 0 Å². The van der Waals surface area contributed by atoms with Crippen LogP contribution in [0, 0.1) is 0 Å². The van der Waals surface area contributed by atoms with Crippen LogP contribution in [0.2, 0.25) is 0 Å². The van der Waals surface area contributed by atoms with E-state index >= 15 is 0 Å². The first-order chi connectivity index (χ1) is 5.20. The molecule has 11 heavy (non-hydrogen) atoms. The van der Waals surface area contributed by atoms with Crippen molar-refractivity contribution in [3.8, 4) is 0 Å². The summed E-state index contributed by atoms with van der Waals surface area (Å²) in [6, 6.07) is 0. The lowest BCUT2D eigenvalue weighted by Gasteiger charge is -1.90. The molecule has 0 rings (SSSR count). The zero-order chi connectivity index (χ0) is 8.69. The average Bonchev–Trinajstić information content (AvgIpc) is 1.97. The lowest BCUT2D eigenvalue weighted by atomic mass is 10.2. The quantitative estimate of drug-likeness (QED) is 0.536. The van der Waals surface area contributed by atoms with Crippen LogP contribution in [-0.2, 0) is 0 Å². The van der Waals surface area contributed by atoms with E-state index in [4.69, 9.17) is 0 Å². The topological polar surface area (TPSA) is 0 Å². The molecule has 60 valence electrons. The van der Waals surface area contributed by atoms with Gasteiger partial charge in [-0.1, -0.05) is 42.5 Å². The summed E-state index contributed by atoms with van der Waals surface area (Å²) in [5.41, 5.74) is 2.30. The van der Waals surface area contributed by atoms with E-state index in [2.05, 4.69) is 24.8 Å². The van der Waals surface area contributed by atoms with Crippen molar-refractivity contribution in [1.82, 2.24) is 0 Å². The predicted octanol–water partition coefficient (Wildman–Crippen LogP) is 3.64. The second-order valence-corrected chi connectivity index (χ2v) is 2.47. The molecule has 0 heteroatoms. The van der Waals surface area contributed by atoms with Crippen molar-refractivity contribution in [2.45, 2.75) is 20.8 Å². The summed E-state index contributed by atoms with van der Waals surface area (Å²) in [6.07, 6.45) is 10.2. The van der Waals surface area contributed by atoms with Crippen molar-refractivity contribution in [2.24, 2.45) is 0 Å². The molecule has 0 aromatic rings. The normalized spacial score (nSPS) is 13.2. The van der Waals surface area contributed by atoms with Crippen LogP contribution in [0.15, 0.2) is 48.1 Å². The zero-order valence-corrected chi connectivity index (χ0v) is 7.59. The van der Waals surface area contributed by atoms with Gasteiger partial charge in [0.1, 0.15) is 0 Å². The summed E-state index contributed by atoms with van der Waals surface area (Å²) in [6.45, 7) is 9.81. The second-order valence-electron chi connectivity index (χ2n) is 2.47. The summed E-state index contributed by atoms with van der Waals surface area (Å²) >= 11 is 0. The minimum absolute atomic E-state index is 1.08. The molecule has 0 radical (unpaired) electrons. The van der Waals surface area contributed by atoms with Crippen LogP contribution in [-0.4, -0.2) is 0 Å². The third-order valence-electron chi connectivity index (χ3n) is 1.25. The lowest BCUT2D eigenvalue weighted by Crippen LogP contribution is -1.69. The summed E-state index contributed by atoms with van der Waals surface area (Å²) in [5, 5.41) is 0. The molecule has 0 aliphatic carbocycles. The van der Waals surface area contributed by atoms with E-state index in [9.17, 15) is 0 Å². The van der Waals surface area contributed by atoms with E-state index in [0.717, 1.165) is 5.57 Å². The molecule has 0 unspecified atom stereocenters. The molecule has 0 N–H and O–H groups in total. The molecule has 0 aromatic heterocycles. The third-order valence-corrected chi connectivity index (χ3v) is 1.25. The van der Waals surface area contributed by atoms with Crippen molar-refractivity contribution in [3.05, 3.63) is 48.1 Å². The lowest BCUT2D eigenvalue weighted by molar-refractivity contribution is 1.52. The fraction of sp³-hybridized carbons (Fsp3) is 0.273. The smallest absolute Gasteiger partial charge is 0.0303 e. The maximum Gasteiger partial charge on any atom is -0.0303 e. The van der Waals surface area contributed by atoms with E-state index in [-0.39, 0.29) is 0 Å². The third kappa shape index (κ3) is 5.41. The van der Waals surface area contributed by atoms with Gasteiger partial charge >= 0.3 is 0 Å². The first-order valence-electron chi connectivity index (χ1n) is 3.83. The fourth-order valence-corrected chi connectivity index (χ4v) is 0.679. The Balaban J connectivity index is 4.21. The fourth-order valence-electron chi connectivity index (χ4n) is 0.679. The first-order valence-corrected chi connectivity index (χ1v) is 3.83. The zero-order valence-electron chi connectivity index (χ0n) is 7.59. The minimum atomic E-state index is 1.08. The SMILES string of the molecule is C=C(C)/C=C/C(/C=C\C)=C/C. The molecular formula is C11H16. The molecule has 0 saturated carbocycles. The van der Waals surface area contributed by atoms with Crippen molar-refractivity contribution in [3.63, 3.8) is 0 Å². The molecule has 0 amide bonds. The highest BCUT2D eigenvalue weighted by Crippen LogP contribution is 2.01. The predicted molar refractivity (Wildman–Crippen MR) is 52.5 cm³/mol. The Morgan fingerprint density at radius 1 is 1.09 bits per heavy atom. The van der Waals surface area contributed by atoms with Crippen LogP contribution in [0.4, 0.5) is 0 Å². The maximum atomic E-state index is 3.78. The number of hydrogen-bond donors (Lipinski definition) is 0. The van der Waals surface area contributed by atoms with Crippen LogP contribution in [0.1, 0.15) is 20.8 Å². The molecule has 0 nitrogen and oxygen atoms in total. The van der Waals surface area contributed by atoms with E-state index in [1.165, 1.54) is 5.57 Å². The highest BCUT2D eigenvalue weighted by molar-refractivity contribution is 5.32. The molecule has 0 aliphatic rings. The van der Waals surface area contributed by atoms with Gasteiger partial charge in [-0.25, -0.2) is 0 Å². The molecule has 0 saturated heterocycles. The van der Waals surface area contributed by atoms with E-state index in [1.807, 2.05) is 32.9 Å². The monoisotopic (exact) mass is 148 g/mol. The average molecular weight is 148 g/mol. The van der Waals surface area contributed by atoms with Gasteiger partial charge in [0.25, 0.3) is 0 Å². The Hall–Kier alpha value is -1.04. The molecule has 0 bridgehead atoms. The van der Waals surface area contributed by atoms with Crippen molar-refractivity contribution < 1.29 is 0 Å². The van der Waals surface area contributed by atoms with Gasteiger partial charge in [-0.05, 0) is 26.3 Å². The van der Waals surface area contributed by atoms with Gasteiger partial charge in [-0.15, -0.1) is 0 Å². The minimum Gasteiger partial charge on any atom is -0.0961 e. The molecule has 0 heterocycles. The summed E-state index contributed by atoms with van der Waals surface area (Å²) in [4.78, 5) is 0. The number of allylic oxidation sites excluding steroid dienone is 7. The van der Waals surface area contributed by atoms with E-state index in [0.29, 0.717) is 0 Å². The van der Waals surface area contributed by atoms with Crippen LogP contribution in [0.3, 0.4) is 0 Å². The molecule has 0 aliphatic heterocycles. The van der Waals surface area contributed by atoms with Crippen LogP contribution in [0.25, 0.3) is 0 Å². The van der Waals surface area contributed by atoms with Gasteiger partial charge < -0.3 is 0 Å². The number of hydrogen-bond acceptors (Lipinski definition) is 0.